The number of aldehydes is 1. The van der Waals surface area contributed by atoms with Gasteiger partial charge in [-0.1, -0.05) is 0 Å². The molecule has 0 aliphatic carbocycles. The molecule has 0 atom stereocenters. The van der Waals surface area contributed by atoms with Gasteiger partial charge >= 0.3 is 0 Å². The Balaban J connectivity index is 2.15. The highest BCUT2D eigenvalue weighted by molar-refractivity contribution is 5.78. The van der Waals surface area contributed by atoms with Gasteiger partial charge in [0.2, 0.25) is 0 Å². The molecule has 0 spiro atoms. The quantitative estimate of drug-likeness (QED) is 0.758. The van der Waals surface area contributed by atoms with Crippen molar-refractivity contribution in [3.63, 3.8) is 0 Å². The summed E-state index contributed by atoms with van der Waals surface area (Å²) in [5.41, 5.74) is 1.49. The van der Waals surface area contributed by atoms with E-state index in [0.717, 1.165) is 12.0 Å². The predicted octanol–water partition coefficient (Wildman–Crippen LogP) is 1.39. The van der Waals surface area contributed by atoms with E-state index in [1.54, 1.807) is 19.2 Å². The number of carbonyl (C=O) groups is 1. The Labute approximate surface area is 148 Å². The fourth-order valence-corrected chi connectivity index (χ4v) is 2.46. The van der Waals surface area contributed by atoms with E-state index in [2.05, 4.69) is 4.90 Å². The van der Waals surface area contributed by atoms with Crippen LogP contribution < -0.4 is 9.64 Å². The molecule has 1 aromatic carbocycles. The van der Waals surface area contributed by atoms with Crippen molar-refractivity contribution in [2.24, 2.45) is 0 Å². The average molecular weight is 353 g/mol. The van der Waals surface area contributed by atoms with Crippen molar-refractivity contribution in [3.8, 4) is 5.75 Å². The van der Waals surface area contributed by atoms with Crippen LogP contribution in [0.3, 0.4) is 0 Å². The summed E-state index contributed by atoms with van der Waals surface area (Å²) in [7, 11) is 1.67. The summed E-state index contributed by atoms with van der Waals surface area (Å²) in [6.45, 7) is 5.56. The van der Waals surface area contributed by atoms with Gasteiger partial charge in [0, 0.05) is 25.8 Å². The predicted molar refractivity (Wildman–Crippen MR) is 93.9 cm³/mol. The summed E-state index contributed by atoms with van der Waals surface area (Å²) in [4.78, 5) is 13.2. The number of nitrogens with zero attached hydrogens (tertiary/aromatic N) is 1. The van der Waals surface area contributed by atoms with Gasteiger partial charge < -0.3 is 28.6 Å². The Morgan fingerprint density at radius 1 is 1.04 bits per heavy atom. The summed E-state index contributed by atoms with van der Waals surface area (Å²) in [6.07, 6.45) is 0.815. The number of hydrogen-bond acceptors (Lipinski definition) is 7. The number of benzene rings is 1. The zero-order valence-electron chi connectivity index (χ0n) is 14.8. The van der Waals surface area contributed by atoms with Crippen molar-refractivity contribution in [3.05, 3.63) is 23.8 Å². The molecule has 1 aromatic rings. The lowest BCUT2D eigenvalue weighted by Crippen LogP contribution is -2.31. The fraction of sp³-hybridized carbons (Fsp3) is 0.611. The number of anilines is 1. The summed E-state index contributed by atoms with van der Waals surface area (Å²) in [6, 6.07) is 5.44. The van der Waals surface area contributed by atoms with E-state index in [9.17, 15) is 4.79 Å². The minimum atomic E-state index is 0.407. The number of fused-ring (bicyclic) bond motifs is 1. The summed E-state index contributed by atoms with van der Waals surface area (Å²) in [5.74, 6) is 0.662. The Morgan fingerprint density at radius 2 is 1.72 bits per heavy atom. The molecule has 0 fully saturated rings. The van der Waals surface area contributed by atoms with E-state index in [-0.39, 0.29) is 0 Å². The maximum Gasteiger partial charge on any atom is 0.150 e. The Bertz CT molecular complexity index is 510. The molecule has 0 amide bonds. The third-order valence-corrected chi connectivity index (χ3v) is 3.76. The maximum atomic E-state index is 11.1. The minimum Gasteiger partial charge on any atom is -0.489 e. The van der Waals surface area contributed by atoms with E-state index in [1.807, 2.05) is 6.07 Å². The van der Waals surface area contributed by atoms with E-state index in [1.165, 1.54) is 0 Å². The van der Waals surface area contributed by atoms with Crippen molar-refractivity contribution in [1.29, 1.82) is 0 Å². The normalized spacial score (nSPS) is 17.7. The second-order valence-corrected chi connectivity index (χ2v) is 5.51. The van der Waals surface area contributed by atoms with Crippen molar-refractivity contribution in [1.82, 2.24) is 0 Å². The van der Waals surface area contributed by atoms with Gasteiger partial charge in [-0.2, -0.15) is 0 Å². The molecule has 140 valence electrons. The molecule has 7 nitrogen and oxygen atoms in total. The van der Waals surface area contributed by atoms with Crippen LogP contribution in [-0.2, 0) is 18.9 Å². The van der Waals surface area contributed by atoms with E-state index >= 15 is 0 Å². The molecule has 0 radical (unpaired) electrons. The van der Waals surface area contributed by atoms with Crippen molar-refractivity contribution in [2.45, 2.75) is 0 Å². The number of ether oxygens (including phenoxy) is 5. The standard InChI is InChI=1S/C18H27NO6/c1-21-6-4-19-5-7-22-8-9-23-10-11-24-12-13-25-18-14-16(15-20)2-3-17(18)19/h2-3,14-15H,4-13H2,1H3. The Hall–Kier alpha value is -1.67. The molecule has 25 heavy (non-hydrogen) atoms. The lowest BCUT2D eigenvalue weighted by molar-refractivity contribution is 0.0110. The first-order valence-electron chi connectivity index (χ1n) is 8.54. The zero-order valence-corrected chi connectivity index (χ0v) is 14.8. The van der Waals surface area contributed by atoms with Gasteiger partial charge in [0.25, 0.3) is 0 Å². The topological polar surface area (TPSA) is 66.5 Å². The van der Waals surface area contributed by atoms with E-state index < -0.39 is 0 Å². The third-order valence-electron chi connectivity index (χ3n) is 3.76. The summed E-state index contributed by atoms with van der Waals surface area (Å²) in [5, 5.41) is 0. The Morgan fingerprint density at radius 3 is 2.40 bits per heavy atom. The van der Waals surface area contributed by atoms with Gasteiger partial charge in [-0.25, -0.2) is 0 Å². The fourth-order valence-electron chi connectivity index (χ4n) is 2.46. The van der Waals surface area contributed by atoms with Gasteiger partial charge in [0.15, 0.2) is 0 Å². The Kier molecular flexibility index (Phi) is 9.28. The first-order valence-corrected chi connectivity index (χ1v) is 8.54. The summed E-state index contributed by atoms with van der Waals surface area (Å²) >= 11 is 0. The average Bonchev–Trinajstić information content (AvgIpc) is 2.65. The molecule has 1 aliphatic rings. The third kappa shape index (κ3) is 6.99. The number of methoxy groups -OCH3 is 1. The largest absolute Gasteiger partial charge is 0.489 e. The zero-order chi connectivity index (χ0) is 17.7. The maximum absolute atomic E-state index is 11.1. The molecule has 1 heterocycles. The van der Waals surface area contributed by atoms with Crippen LogP contribution in [0.5, 0.6) is 5.75 Å². The van der Waals surface area contributed by atoms with Crippen LogP contribution in [-0.4, -0.2) is 79.3 Å². The number of hydrogen-bond donors (Lipinski definition) is 0. The highest BCUT2D eigenvalue weighted by Crippen LogP contribution is 2.29. The molecule has 0 saturated heterocycles. The van der Waals surface area contributed by atoms with E-state index in [4.69, 9.17) is 23.7 Å². The lowest BCUT2D eigenvalue weighted by Gasteiger charge is -2.27. The second-order valence-electron chi connectivity index (χ2n) is 5.51. The van der Waals surface area contributed by atoms with Gasteiger partial charge in [0.1, 0.15) is 18.6 Å². The molecular weight excluding hydrogens is 326 g/mol. The van der Waals surface area contributed by atoms with Crippen LogP contribution in [0.1, 0.15) is 10.4 Å². The van der Waals surface area contributed by atoms with Gasteiger partial charge in [-0.05, 0) is 18.2 Å². The second kappa shape index (κ2) is 11.8. The smallest absolute Gasteiger partial charge is 0.150 e. The van der Waals surface area contributed by atoms with Crippen LogP contribution in [0.4, 0.5) is 5.69 Å². The minimum absolute atomic E-state index is 0.407. The van der Waals surface area contributed by atoms with Crippen LogP contribution >= 0.6 is 0 Å². The van der Waals surface area contributed by atoms with Crippen LogP contribution in [0.2, 0.25) is 0 Å². The van der Waals surface area contributed by atoms with Gasteiger partial charge in [0.05, 0.1) is 51.9 Å². The first-order chi connectivity index (χ1) is 12.3. The van der Waals surface area contributed by atoms with Crippen molar-refractivity contribution >= 4 is 12.0 Å². The van der Waals surface area contributed by atoms with Crippen molar-refractivity contribution in [2.75, 3.05) is 78.0 Å². The van der Waals surface area contributed by atoms with Crippen LogP contribution in [0.25, 0.3) is 0 Å². The SMILES string of the molecule is COCCN1CCOCCOCCOCCOc2cc(C=O)ccc21. The van der Waals surface area contributed by atoms with E-state index in [0.29, 0.717) is 77.3 Å². The number of carbonyl (C=O) groups excluding carboxylic acids is 1. The van der Waals surface area contributed by atoms with Gasteiger partial charge in [-0.3, -0.25) is 4.79 Å². The molecule has 2 rings (SSSR count). The highest BCUT2D eigenvalue weighted by Gasteiger charge is 2.14. The molecule has 0 saturated carbocycles. The molecule has 0 bridgehead atoms. The molecule has 0 N–H and O–H groups in total. The monoisotopic (exact) mass is 353 g/mol. The lowest BCUT2D eigenvalue weighted by atomic mass is 10.2. The van der Waals surface area contributed by atoms with Crippen molar-refractivity contribution < 1.29 is 28.5 Å². The molecular formula is C18H27NO6. The first kappa shape index (κ1) is 19.7. The molecule has 0 aromatic heterocycles. The highest BCUT2D eigenvalue weighted by atomic mass is 16.6. The molecule has 1 aliphatic heterocycles. The van der Waals surface area contributed by atoms with Crippen LogP contribution in [0.15, 0.2) is 18.2 Å². The molecule has 0 unspecified atom stereocenters. The summed E-state index contributed by atoms with van der Waals surface area (Å²) < 4.78 is 27.6. The molecule has 7 heteroatoms. The van der Waals surface area contributed by atoms with Gasteiger partial charge in [-0.15, -0.1) is 0 Å². The number of rotatable bonds is 4. The van der Waals surface area contributed by atoms with Crippen LogP contribution in [0, 0.1) is 0 Å².